The number of hydrogen-bond donors (Lipinski definition) is 2. The molecule has 7 heteroatoms. The van der Waals surface area contributed by atoms with Crippen LogP contribution in [0.5, 0.6) is 0 Å². The summed E-state index contributed by atoms with van der Waals surface area (Å²) in [7, 11) is 0. The number of thioether (sulfide) groups is 1. The van der Waals surface area contributed by atoms with Crippen LogP contribution in [0.25, 0.3) is 0 Å². The summed E-state index contributed by atoms with van der Waals surface area (Å²) in [5.41, 5.74) is 8.01. The molecule has 1 heterocycles. The Morgan fingerprint density at radius 2 is 2.09 bits per heavy atom. The zero-order chi connectivity index (χ0) is 16.3. The normalized spacial score (nSPS) is 12.0. The highest BCUT2D eigenvalue weighted by Crippen LogP contribution is 2.25. The third-order valence-electron chi connectivity index (χ3n) is 3.03. The number of nitrogen functional groups attached to an aromatic ring is 1. The van der Waals surface area contributed by atoms with Gasteiger partial charge in [-0.3, -0.25) is 4.79 Å². The molecule has 0 aliphatic carbocycles. The molecule has 2 rings (SSSR count). The van der Waals surface area contributed by atoms with Gasteiger partial charge in [0.15, 0.2) is 5.16 Å². The first-order valence-electron chi connectivity index (χ1n) is 6.70. The average Bonchev–Trinajstić information content (AvgIpc) is 2.42. The van der Waals surface area contributed by atoms with Gasteiger partial charge in [-0.05, 0) is 38.5 Å². The molecule has 22 heavy (non-hydrogen) atoms. The smallest absolute Gasteiger partial charge is 0.237 e. The van der Waals surface area contributed by atoms with Crippen LogP contribution in [0.4, 0.5) is 11.5 Å². The van der Waals surface area contributed by atoms with Crippen LogP contribution < -0.4 is 11.1 Å². The molecule has 0 fully saturated rings. The van der Waals surface area contributed by atoms with Crippen LogP contribution in [-0.2, 0) is 4.79 Å². The highest BCUT2D eigenvalue weighted by molar-refractivity contribution is 8.00. The van der Waals surface area contributed by atoms with Crippen molar-refractivity contribution in [2.24, 2.45) is 0 Å². The van der Waals surface area contributed by atoms with Crippen LogP contribution in [0.2, 0.25) is 5.02 Å². The van der Waals surface area contributed by atoms with E-state index >= 15 is 0 Å². The molecule has 0 aliphatic rings. The second kappa shape index (κ2) is 6.98. The summed E-state index contributed by atoms with van der Waals surface area (Å²) in [5, 5.41) is 3.62. The van der Waals surface area contributed by atoms with Gasteiger partial charge >= 0.3 is 0 Å². The molecule has 0 spiro atoms. The maximum atomic E-state index is 12.3. The molecule has 0 bridgehead atoms. The van der Waals surface area contributed by atoms with E-state index in [1.807, 2.05) is 19.9 Å². The predicted octanol–water partition coefficient (Wildman–Crippen LogP) is 3.45. The number of benzene rings is 1. The first kappa shape index (κ1) is 16.6. The Balaban J connectivity index is 2.07. The first-order valence-corrected chi connectivity index (χ1v) is 7.96. The monoisotopic (exact) mass is 336 g/mol. The molecule has 1 aromatic heterocycles. The molecule has 0 saturated carbocycles. The number of rotatable bonds is 4. The van der Waals surface area contributed by atoms with E-state index in [0.29, 0.717) is 21.7 Å². The molecule has 1 atom stereocenters. The second-order valence-corrected chi connectivity index (χ2v) is 6.59. The van der Waals surface area contributed by atoms with E-state index in [1.165, 1.54) is 11.8 Å². The van der Waals surface area contributed by atoms with Gasteiger partial charge in [-0.15, -0.1) is 0 Å². The minimum atomic E-state index is -0.361. The van der Waals surface area contributed by atoms with Crippen molar-refractivity contribution in [3.63, 3.8) is 0 Å². The maximum Gasteiger partial charge on any atom is 0.237 e. The Kier molecular flexibility index (Phi) is 5.26. The number of aromatic nitrogens is 2. The summed E-state index contributed by atoms with van der Waals surface area (Å²) in [4.78, 5) is 20.7. The van der Waals surface area contributed by atoms with E-state index in [-0.39, 0.29) is 11.2 Å². The highest BCUT2D eigenvalue weighted by Gasteiger charge is 2.17. The third-order valence-corrected chi connectivity index (χ3v) is 4.40. The summed E-state index contributed by atoms with van der Waals surface area (Å²) < 4.78 is 0. The van der Waals surface area contributed by atoms with Crippen LogP contribution in [0.1, 0.15) is 18.2 Å². The van der Waals surface area contributed by atoms with Crippen molar-refractivity contribution in [2.75, 3.05) is 11.1 Å². The number of halogens is 1. The minimum Gasteiger partial charge on any atom is -0.384 e. The van der Waals surface area contributed by atoms with E-state index in [4.69, 9.17) is 17.3 Å². The highest BCUT2D eigenvalue weighted by atomic mass is 35.5. The van der Waals surface area contributed by atoms with Gasteiger partial charge in [-0.25, -0.2) is 9.97 Å². The van der Waals surface area contributed by atoms with Crippen molar-refractivity contribution in [1.82, 2.24) is 9.97 Å². The van der Waals surface area contributed by atoms with Gasteiger partial charge in [0.1, 0.15) is 5.82 Å². The SMILES string of the molecule is Cc1cc(N)nc(S[C@@H](C)C(=O)Nc2cccc(Cl)c2C)n1. The van der Waals surface area contributed by atoms with Crippen LogP contribution >= 0.6 is 23.4 Å². The number of hydrogen-bond acceptors (Lipinski definition) is 5. The molecule has 0 radical (unpaired) electrons. The quantitative estimate of drug-likeness (QED) is 0.660. The number of aryl methyl sites for hydroxylation is 1. The topological polar surface area (TPSA) is 80.9 Å². The Morgan fingerprint density at radius 3 is 2.77 bits per heavy atom. The van der Waals surface area contributed by atoms with Crippen LogP contribution in [0.3, 0.4) is 0 Å². The lowest BCUT2D eigenvalue weighted by atomic mass is 10.2. The minimum absolute atomic E-state index is 0.140. The number of nitrogens with two attached hydrogens (primary N) is 1. The molecular weight excluding hydrogens is 320 g/mol. The van der Waals surface area contributed by atoms with Gasteiger partial charge < -0.3 is 11.1 Å². The predicted molar refractivity (Wildman–Crippen MR) is 91.3 cm³/mol. The fourth-order valence-electron chi connectivity index (χ4n) is 1.81. The molecule has 116 valence electrons. The van der Waals surface area contributed by atoms with Gasteiger partial charge in [0.2, 0.25) is 5.91 Å². The number of anilines is 2. The van der Waals surface area contributed by atoms with E-state index < -0.39 is 0 Å². The Hall–Kier alpha value is -1.79. The lowest BCUT2D eigenvalue weighted by molar-refractivity contribution is -0.115. The van der Waals surface area contributed by atoms with Crippen molar-refractivity contribution < 1.29 is 4.79 Å². The Labute approximate surface area is 138 Å². The molecule has 2 aromatic rings. The number of carbonyl (C=O) groups is 1. The largest absolute Gasteiger partial charge is 0.384 e. The summed E-state index contributed by atoms with van der Waals surface area (Å²) >= 11 is 7.31. The van der Waals surface area contributed by atoms with Crippen molar-refractivity contribution in [3.05, 3.63) is 40.5 Å². The fourth-order valence-corrected chi connectivity index (χ4v) is 2.82. The summed E-state index contributed by atoms with van der Waals surface area (Å²) in [6, 6.07) is 7.09. The van der Waals surface area contributed by atoms with E-state index in [9.17, 15) is 4.79 Å². The van der Waals surface area contributed by atoms with E-state index in [0.717, 1.165) is 11.3 Å². The number of nitrogens with one attached hydrogen (secondary N) is 1. The molecule has 5 nitrogen and oxygen atoms in total. The third kappa shape index (κ3) is 4.11. The number of amides is 1. The zero-order valence-corrected chi connectivity index (χ0v) is 14.1. The van der Waals surface area contributed by atoms with Crippen molar-refractivity contribution in [3.8, 4) is 0 Å². The summed E-state index contributed by atoms with van der Waals surface area (Å²) in [6.45, 7) is 5.49. The lowest BCUT2D eigenvalue weighted by Gasteiger charge is -2.13. The van der Waals surface area contributed by atoms with E-state index in [2.05, 4.69) is 15.3 Å². The summed E-state index contributed by atoms with van der Waals surface area (Å²) in [5.74, 6) is 0.257. The van der Waals surface area contributed by atoms with Crippen LogP contribution in [-0.4, -0.2) is 21.1 Å². The van der Waals surface area contributed by atoms with Crippen molar-refractivity contribution in [2.45, 2.75) is 31.2 Å². The molecule has 0 aliphatic heterocycles. The van der Waals surface area contributed by atoms with Gasteiger partial charge in [0, 0.05) is 22.5 Å². The van der Waals surface area contributed by atoms with Gasteiger partial charge in [0.05, 0.1) is 5.25 Å². The van der Waals surface area contributed by atoms with Crippen LogP contribution in [0.15, 0.2) is 29.4 Å². The molecule has 0 unspecified atom stereocenters. The maximum absolute atomic E-state index is 12.3. The lowest BCUT2D eigenvalue weighted by Crippen LogP contribution is -2.23. The average molecular weight is 337 g/mol. The van der Waals surface area contributed by atoms with Gasteiger partial charge in [-0.1, -0.05) is 29.4 Å². The molecule has 3 N–H and O–H groups in total. The van der Waals surface area contributed by atoms with Crippen molar-refractivity contribution >= 4 is 40.8 Å². The molecule has 1 amide bonds. The number of nitrogens with zero attached hydrogens (tertiary/aromatic N) is 2. The first-order chi connectivity index (χ1) is 10.4. The second-order valence-electron chi connectivity index (χ2n) is 4.88. The fraction of sp³-hybridized carbons (Fsp3) is 0.267. The molecule has 1 aromatic carbocycles. The van der Waals surface area contributed by atoms with Gasteiger partial charge in [0.25, 0.3) is 0 Å². The van der Waals surface area contributed by atoms with E-state index in [1.54, 1.807) is 25.1 Å². The standard InChI is InChI=1S/C15H17ClN4OS/c1-8-7-13(17)20-15(18-8)22-10(3)14(21)19-12-6-4-5-11(16)9(12)2/h4-7,10H,1-3H3,(H,19,21)(H2,17,18,20)/t10-/m0/s1. The zero-order valence-electron chi connectivity index (χ0n) is 12.6. The van der Waals surface area contributed by atoms with Crippen molar-refractivity contribution in [1.29, 1.82) is 0 Å². The van der Waals surface area contributed by atoms with Crippen LogP contribution in [0, 0.1) is 13.8 Å². The Bertz CT molecular complexity index is 688. The Morgan fingerprint density at radius 1 is 1.36 bits per heavy atom. The number of carbonyl (C=O) groups excluding carboxylic acids is 1. The summed E-state index contributed by atoms with van der Waals surface area (Å²) in [6.07, 6.45) is 0. The molecule has 0 saturated heterocycles. The van der Waals surface area contributed by atoms with Gasteiger partial charge in [-0.2, -0.15) is 0 Å². The molecular formula is C15H17ClN4OS.